The molecule has 1 aromatic carbocycles. The third-order valence-electron chi connectivity index (χ3n) is 5.70. The molecule has 2 N–H and O–H groups in total. The van der Waals surface area contributed by atoms with E-state index in [9.17, 15) is 4.39 Å². The van der Waals surface area contributed by atoms with E-state index in [4.69, 9.17) is 4.74 Å². The van der Waals surface area contributed by atoms with E-state index >= 15 is 0 Å². The number of benzene rings is 1. The van der Waals surface area contributed by atoms with Crippen molar-refractivity contribution in [3.8, 4) is 0 Å². The van der Waals surface area contributed by atoms with Gasteiger partial charge in [0.25, 0.3) is 0 Å². The summed E-state index contributed by atoms with van der Waals surface area (Å²) in [5.74, 6) is 0.667. The van der Waals surface area contributed by atoms with Gasteiger partial charge in [0.1, 0.15) is 5.82 Å². The van der Waals surface area contributed by atoms with E-state index in [1.165, 1.54) is 18.9 Å². The summed E-state index contributed by atoms with van der Waals surface area (Å²) >= 11 is 0. The van der Waals surface area contributed by atoms with Gasteiger partial charge in [-0.3, -0.25) is 9.89 Å². The minimum Gasteiger partial charge on any atom is -0.383 e. The summed E-state index contributed by atoms with van der Waals surface area (Å²) in [6, 6.07) is 7.52. The van der Waals surface area contributed by atoms with Gasteiger partial charge in [0, 0.05) is 45.2 Å². The number of guanidine groups is 1. The molecule has 2 aliphatic rings. The fourth-order valence-electron chi connectivity index (χ4n) is 3.85. The van der Waals surface area contributed by atoms with Crippen LogP contribution in [-0.4, -0.2) is 63.8 Å². The summed E-state index contributed by atoms with van der Waals surface area (Å²) < 4.78 is 18.7. The molecule has 0 amide bonds. The van der Waals surface area contributed by atoms with Crippen LogP contribution >= 0.6 is 0 Å². The van der Waals surface area contributed by atoms with E-state index in [1.807, 2.05) is 6.07 Å². The molecule has 0 spiro atoms. The highest BCUT2D eigenvalue weighted by atomic mass is 19.1. The predicted molar refractivity (Wildman–Crippen MR) is 103 cm³/mol. The van der Waals surface area contributed by atoms with Crippen molar-refractivity contribution < 1.29 is 9.13 Å². The summed E-state index contributed by atoms with van der Waals surface area (Å²) in [7, 11) is 3.55. The lowest BCUT2D eigenvalue weighted by Crippen LogP contribution is -2.47. The molecule has 6 heteroatoms. The molecule has 1 aliphatic carbocycles. The quantitative estimate of drug-likeness (QED) is 0.549. The van der Waals surface area contributed by atoms with Crippen LogP contribution in [0.15, 0.2) is 29.3 Å². The number of likely N-dealkylation sites (tertiary alicyclic amines) is 1. The Kier molecular flexibility index (Phi) is 6.48. The Morgan fingerprint density at radius 2 is 2.23 bits per heavy atom. The SMILES string of the molecule is CN=C(NCC1CCCN1CCOC)NCC1(c2cccc(F)c2)CC1. The molecule has 0 aromatic heterocycles. The monoisotopic (exact) mass is 362 g/mol. The average Bonchev–Trinajstić information content (AvgIpc) is 3.32. The maximum absolute atomic E-state index is 13.5. The van der Waals surface area contributed by atoms with Crippen molar-refractivity contribution >= 4 is 5.96 Å². The number of nitrogens with one attached hydrogen (secondary N) is 2. The minimum atomic E-state index is -0.159. The maximum Gasteiger partial charge on any atom is 0.191 e. The molecule has 1 atom stereocenters. The largest absolute Gasteiger partial charge is 0.383 e. The van der Waals surface area contributed by atoms with Gasteiger partial charge in [-0.05, 0) is 49.9 Å². The Morgan fingerprint density at radius 3 is 2.92 bits per heavy atom. The van der Waals surface area contributed by atoms with Crippen LogP contribution < -0.4 is 10.6 Å². The molecule has 2 fully saturated rings. The second-order valence-electron chi connectivity index (χ2n) is 7.42. The summed E-state index contributed by atoms with van der Waals surface area (Å²) in [5.41, 5.74) is 1.14. The lowest BCUT2D eigenvalue weighted by atomic mass is 9.96. The van der Waals surface area contributed by atoms with Gasteiger partial charge in [0.15, 0.2) is 5.96 Å². The highest BCUT2D eigenvalue weighted by Gasteiger charge is 2.44. The van der Waals surface area contributed by atoms with Crippen molar-refractivity contribution in [1.29, 1.82) is 0 Å². The number of halogens is 1. The molecule has 1 aromatic rings. The fraction of sp³-hybridized carbons (Fsp3) is 0.650. The van der Waals surface area contributed by atoms with Crippen molar-refractivity contribution in [1.82, 2.24) is 15.5 Å². The third-order valence-corrected chi connectivity index (χ3v) is 5.70. The molecule has 1 unspecified atom stereocenters. The number of ether oxygens (including phenoxy) is 1. The standard InChI is InChI=1S/C20H31FN4O/c1-22-19(23-14-18-7-4-10-25(18)11-12-26-2)24-15-20(8-9-20)16-5-3-6-17(21)13-16/h3,5-6,13,18H,4,7-12,14-15H2,1-2H3,(H2,22,23,24). The van der Waals surface area contributed by atoms with Crippen LogP contribution in [0.5, 0.6) is 0 Å². The molecule has 1 saturated heterocycles. The first-order chi connectivity index (χ1) is 12.7. The molecule has 0 bridgehead atoms. The van der Waals surface area contributed by atoms with E-state index in [1.54, 1.807) is 26.3 Å². The van der Waals surface area contributed by atoms with Gasteiger partial charge in [-0.15, -0.1) is 0 Å². The second-order valence-corrected chi connectivity index (χ2v) is 7.42. The summed E-state index contributed by atoms with van der Waals surface area (Å²) in [4.78, 5) is 6.84. The zero-order valence-corrected chi connectivity index (χ0v) is 15.9. The summed E-state index contributed by atoms with van der Waals surface area (Å²) in [6.07, 6.45) is 4.63. The third kappa shape index (κ3) is 4.74. The molecule has 1 saturated carbocycles. The normalized spacial score (nSPS) is 22.4. The topological polar surface area (TPSA) is 48.9 Å². The zero-order valence-electron chi connectivity index (χ0n) is 15.9. The molecule has 1 heterocycles. The number of nitrogens with zero attached hydrogens (tertiary/aromatic N) is 2. The van der Waals surface area contributed by atoms with Gasteiger partial charge in [0.05, 0.1) is 6.61 Å². The fourth-order valence-corrected chi connectivity index (χ4v) is 3.85. The van der Waals surface area contributed by atoms with Crippen molar-refractivity contribution in [2.75, 3.05) is 46.9 Å². The number of aliphatic imine (C=N–C) groups is 1. The van der Waals surface area contributed by atoms with Gasteiger partial charge in [-0.1, -0.05) is 12.1 Å². The maximum atomic E-state index is 13.5. The first-order valence-electron chi connectivity index (χ1n) is 9.60. The predicted octanol–water partition coefficient (Wildman–Crippen LogP) is 2.13. The first kappa shape index (κ1) is 19.1. The number of methoxy groups -OCH3 is 1. The molecule has 1 aliphatic heterocycles. The van der Waals surface area contributed by atoms with Crippen LogP contribution in [0.25, 0.3) is 0 Å². The lowest BCUT2D eigenvalue weighted by Gasteiger charge is -2.25. The van der Waals surface area contributed by atoms with E-state index in [0.717, 1.165) is 57.2 Å². The van der Waals surface area contributed by atoms with Crippen LogP contribution in [0.4, 0.5) is 4.39 Å². The first-order valence-corrected chi connectivity index (χ1v) is 9.60. The van der Waals surface area contributed by atoms with Crippen molar-refractivity contribution in [2.45, 2.75) is 37.1 Å². The van der Waals surface area contributed by atoms with Gasteiger partial charge >= 0.3 is 0 Å². The van der Waals surface area contributed by atoms with E-state index in [0.29, 0.717) is 6.04 Å². The Bertz CT molecular complexity index is 618. The minimum absolute atomic E-state index is 0.0532. The number of hydrogen-bond donors (Lipinski definition) is 2. The van der Waals surface area contributed by atoms with Gasteiger partial charge in [0.2, 0.25) is 0 Å². The highest BCUT2D eigenvalue weighted by molar-refractivity contribution is 5.79. The number of rotatable bonds is 8. The Morgan fingerprint density at radius 1 is 1.38 bits per heavy atom. The average molecular weight is 362 g/mol. The molecule has 5 nitrogen and oxygen atoms in total. The summed E-state index contributed by atoms with van der Waals surface area (Å²) in [6.45, 7) is 4.58. The van der Waals surface area contributed by atoms with Crippen LogP contribution in [0.1, 0.15) is 31.2 Å². The number of hydrogen-bond acceptors (Lipinski definition) is 3. The molecule has 26 heavy (non-hydrogen) atoms. The second kappa shape index (κ2) is 8.82. The molecular formula is C20H31FN4O. The zero-order chi connectivity index (χ0) is 18.4. The molecule has 3 rings (SSSR count). The smallest absolute Gasteiger partial charge is 0.191 e. The van der Waals surface area contributed by atoms with Gasteiger partial charge in [-0.2, -0.15) is 0 Å². The molecule has 144 valence electrons. The van der Waals surface area contributed by atoms with Crippen LogP contribution in [-0.2, 0) is 10.2 Å². The lowest BCUT2D eigenvalue weighted by molar-refractivity contribution is 0.141. The van der Waals surface area contributed by atoms with E-state index < -0.39 is 0 Å². The van der Waals surface area contributed by atoms with E-state index in [2.05, 4.69) is 20.5 Å². The Hall–Kier alpha value is -1.66. The van der Waals surface area contributed by atoms with Crippen molar-refractivity contribution in [3.05, 3.63) is 35.6 Å². The van der Waals surface area contributed by atoms with E-state index in [-0.39, 0.29) is 11.2 Å². The van der Waals surface area contributed by atoms with Gasteiger partial charge < -0.3 is 15.4 Å². The van der Waals surface area contributed by atoms with Gasteiger partial charge in [-0.25, -0.2) is 4.39 Å². The van der Waals surface area contributed by atoms with Crippen molar-refractivity contribution in [2.24, 2.45) is 4.99 Å². The Labute approximate surface area is 156 Å². The molecular weight excluding hydrogens is 331 g/mol. The van der Waals surface area contributed by atoms with Crippen LogP contribution in [0.2, 0.25) is 0 Å². The van der Waals surface area contributed by atoms with Crippen molar-refractivity contribution in [3.63, 3.8) is 0 Å². The Balaban J connectivity index is 1.48. The summed E-state index contributed by atoms with van der Waals surface area (Å²) in [5, 5.41) is 6.91. The highest BCUT2D eigenvalue weighted by Crippen LogP contribution is 2.47. The van der Waals surface area contributed by atoms with Crippen LogP contribution in [0.3, 0.4) is 0 Å². The van der Waals surface area contributed by atoms with Crippen LogP contribution in [0, 0.1) is 5.82 Å². The molecule has 0 radical (unpaired) electrons.